The third-order valence-electron chi connectivity index (χ3n) is 2.43. The standard InChI is InChI=1S/C11H12N4O2S/c1-8-9(12)4-2-5-10(8)18(16,17)15-11-6-3-7-13-14-11/h2-7H,12H2,1H3,(H,14,15). The van der Waals surface area contributed by atoms with Crippen molar-refractivity contribution in [1.29, 1.82) is 0 Å². The number of nitrogens with zero attached hydrogens (tertiary/aromatic N) is 2. The molecule has 0 aliphatic heterocycles. The Balaban J connectivity index is 2.41. The van der Waals surface area contributed by atoms with Crippen LogP contribution in [0.2, 0.25) is 0 Å². The monoisotopic (exact) mass is 264 g/mol. The molecule has 0 aliphatic carbocycles. The molecular formula is C11H12N4O2S. The molecule has 6 nitrogen and oxygen atoms in total. The van der Waals surface area contributed by atoms with Crippen molar-refractivity contribution in [3.8, 4) is 0 Å². The van der Waals surface area contributed by atoms with E-state index in [-0.39, 0.29) is 10.7 Å². The van der Waals surface area contributed by atoms with Crippen LogP contribution in [-0.4, -0.2) is 18.6 Å². The topological polar surface area (TPSA) is 98.0 Å². The van der Waals surface area contributed by atoms with Crippen LogP contribution in [0.25, 0.3) is 0 Å². The number of nitrogens with one attached hydrogen (secondary N) is 1. The summed E-state index contributed by atoms with van der Waals surface area (Å²) < 4.78 is 26.6. The van der Waals surface area contributed by atoms with E-state index in [4.69, 9.17) is 5.73 Å². The molecule has 3 N–H and O–H groups in total. The van der Waals surface area contributed by atoms with Crippen LogP contribution < -0.4 is 10.5 Å². The zero-order chi connectivity index (χ0) is 13.2. The van der Waals surface area contributed by atoms with Crippen LogP contribution in [0, 0.1) is 6.92 Å². The van der Waals surface area contributed by atoms with Crippen molar-refractivity contribution in [2.75, 3.05) is 10.5 Å². The highest BCUT2D eigenvalue weighted by atomic mass is 32.2. The van der Waals surface area contributed by atoms with E-state index in [1.165, 1.54) is 18.3 Å². The molecule has 1 aromatic heterocycles. The Labute approximate surface area is 105 Å². The van der Waals surface area contributed by atoms with Crippen molar-refractivity contribution in [3.63, 3.8) is 0 Å². The Kier molecular flexibility index (Phi) is 3.15. The van der Waals surface area contributed by atoms with Gasteiger partial charge in [0.2, 0.25) is 0 Å². The van der Waals surface area contributed by atoms with Gasteiger partial charge in [-0.25, -0.2) is 8.42 Å². The molecule has 1 heterocycles. The number of benzene rings is 1. The summed E-state index contributed by atoms with van der Waals surface area (Å²) in [6.45, 7) is 1.65. The molecule has 0 saturated carbocycles. The molecule has 18 heavy (non-hydrogen) atoms. The summed E-state index contributed by atoms with van der Waals surface area (Å²) in [5.74, 6) is 0.166. The summed E-state index contributed by atoms with van der Waals surface area (Å²) in [5.41, 5.74) is 6.63. The molecule has 0 aliphatic rings. The van der Waals surface area contributed by atoms with E-state index < -0.39 is 10.0 Å². The largest absolute Gasteiger partial charge is 0.398 e. The van der Waals surface area contributed by atoms with E-state index in [0.717, 1.165) is 0 Å². The number of aromatic nitrogens is 2. The summed E-state index contributed by atoms with van der Waals surface area (Å²) in [4.78, 5) is 0.133. The van der Waals surface area contributed by atoms with Crippen LogP contribution in [0.4, 0.5) is 11.5 Å². The van der Waals surface area contributed by atoms with Crippen molar-refractivity contribution >= 4 is 21.5 Å². The van der Waals surface area contributed by atoms with Gasteiger partial charge in [0.1, 0.15) is 0 Å². The van der Waals surface area contributed by atoms with Crippen LogP contribution >= 0.6 is 0 Å². The lowest BCUT2D eigenvalue weighted by Crippen LogP contribution is -2.15. The van der Waals surface area contributed by atoms with E-state index in [0.29, 0.717) is 11.3 Å². The van der Waals surface area contributed by atoms with Gasteiger partial charge in [-0.15, -0.1) is 5.10 Å². The van der Waals surface area contributed by atoms with Crippen molar-refractivity contribution < 1.29 is 8.42 Å². The Morgan fingerprint density at radius 1 is 1.22 bits per heavy atom. The Morgan fingerprint density at radius 3 is 2.67 bits per heavy atom. The summed E-state index contributed by atoms with van der Waals surface area (Å²) in [6.07, 6.45) is 1.46. The van der Waals surface area contributed by atoms with Gasteiger partial charge in [0, 0.05) is 11.9 Å². The molecule has 0 spiro atoms. The number of sulfonamides is 1. The summed E-state index contributed by atoms with van der Waals surface area (Å²) in [6, 6.07) is 7.85. The number of rotatable bonds is 3. The third-order valence-corrected chi connectivity index (χ3v) is 3.93. The highest BCUT2D eigenvalue weighted by Crippen LogP contribution is 2.22. The van der Waals surface area contributed by atoms with Crippen LogP contribution in [-0.2, 0) is 10.0 Å². The average molecular weight is 264 g/mol. The van der Waals surface area contributed by atoms with Gasteiger partial charge in [0.05, 0.1) is 4.90 Å². The number of nitrogens with two attached hydrogens (primary N) is 1. The molecule has 94 valence electrons. The van der Waals surface area contributed by atoms with Crippen molar-refractivity contribution in [3.05, 3.63) is 42.1 Å². The predicted octanol–water partition coefficient (Wildman–Crippen LogP) is 1.17. The second-order valence-electron chi connectivity index (χ2n) is 3.68. The van der Waals surface area contributed by atoms with Gasteiger partial charge in [-0.2, -0.15) is 5.10 Å². The van der Waals surface area contributed by atoms with E-state index in [2.05, 4.69) is 14.9 Å². The molecule has 0 fully saturated rings. The van der Waals surface area contributed by atoms with E-state index in [9.17, 15) is 8.42 Å². The smallest absolute Gasteiger partial charge is 0.263 e. The average Bonchev–Trinajstić information content (AvgIpc) is 2.33. The predicted molar refractivity (Wildman–Crippen MR) is 68.4 cm³/mol. The maximum absolute atomic E-state index is 12.1. The Bertz CT molecular complexity index is 656. The molecule has 0 unspecified atom stereocenters. The quantitative estimate of drug-likeness (QED) is 0.811. The van der Waals surface area contributed by atoms with Crippen LogP contribution in [0.3, 0.4) is 0 Å². The first-order valence-corrected chi connectivity index (χ1v) is 6.64. The van der Waals surface area contributed by atoms with E-state index >= 15 is 0 Å². The normalized spacial score (nSPS) is 11.2. The summed E-state index contributed by atoms with van der Waals surface area (Å²) in [7, 11) is -3.70. The lowest BCUT2D eigenvalue weighted by Gasteiger charge is -2.10. The van der Waals surface area contributed by atoms with Gasteiger partial charge in [0.15, 0.2) is 5.82 Å². The first-order valence-electron chi connectivity index (χ1n) is 5.16. The number of nitrogen functional groups attached to an aromatic ring is 1. The second kappa shape index (κ2) is 4.61. The van der Waals surface area contributed by atoms with Crippen molar-refractivity contribution in [1.82, 2.24) is 10.2 Å². The lowest BCUT2D eigenvalue weighted by atomic mass is 10.2. The fourth-order valence-corrected chi connectivity index (χ4v) is 2.74. The molecule has 2 rings (SSSR count). The number of hydrogen-bond acceptors (Lipinski definition) is 5. The van der Waals surface area contributed by atoms with Crippen LogP contribution in [0.15, 0.2) is 41.4 Å². The van der Waals surface area contributed by atoms with Gasteiger partial charge in [-0.3, -0.25) is 4.72 Å². The maximum Gasteiger partial charge on any atom is 0.263 e. The fourth-order valence-electron chi connectivity index (χ4n) is 1.47. The van der Waals surface area contributed by atoms with Gasteiger partial charge >= 0.3 is 0 Å². The minimum atomic E-state index is -3.70. The first-order chi connectivity index (χ1) is 8.50. The summed E-state index contributed by atoms with van der Waals surface area (Å²) >= 11 is 0. The molecule has 0 radical (unpaired) electrons. The van der Waals surface area contributed by atoms with E-state index in [1.54, 1.807) is 25.1 Å². The van der Waals surface area contributed by atoms with Crippen LogP contribution in [0.1, 0.15) is 5.56 Å². The number of anilines is 2. The third kappa shape index (κ3) is 2.40. The van der Waals surface area contributed by atoms with Crippen LogP contribution in [0.5, 0.6) is 0 Å². The van der Waals surface area contributed by atoms with Crippen molar-refractivity contribution in [2.45, 2.75) is 11.8 Å². The number of hydrogen-bond donors (Lipinski definition) is 2. The Morgan fingerprint density at radius 2 is 2.00 bits per heavy atom. The molecule has 2 aromatic rings. The first kappa shape index (κ1) is 12.3. The molecular weight excluding hydrogens is 252 g/mol. The zero-order valence-corrected chi connectivity index (χ0v) is 10.5. The molecule has 0 bridgehead atoms. The van der Waals surface area contributed by atoms with Crippen molar-refractivity contribution in [2.24, 2.45) is 0 Å². The summed E-state index contributed by atoms with van der Waals surface area (Å²) in [5, 5.41) is 7.27. The second-order valence-corrected chi connectivity index (χ2v) is 5.34. The highest BCUT2D eigenvalue weighted by Gasteiger charge is 2.18. The minimum absolute atomic E-state index is 0.133. The molecule has 0 saturated heterocycles. The zero-order valence-electron chi connectivity index (χ0n) is 9.66. The fraction of sp³-hybridized carbons (Fsp3) is 0.0909. The lowest BCUT2D eigenvalue weighted by molar-refractivity contribution is 0.600. The molecule has 0 atom stereocenters. The van der Waals surface area contributed by atoms with Gasteiger partial charge in [-0.05, 0) is 36.8 Å². The van der Waals surface area contributed by atoms with Gasteiger partial charge in [0.25, 0.3) is 10.0 Å². The van der Waals surface area contributed by atoms with Gasteiger partial charge < -0.3 is 5.73 Å². The molecule has 1 aromatic carbocycles. The SMILES string of the molecule is Cc1c(N)cccc1S(=O)(=O)Nc1cccnn1. The molecule has 7 heteroatoms. The highest BCUT2D eigenvalue weighted by molar-refractivity contribution is 7.92. The van der Waals surface area contributed by atoms with Gasteiger partial charge in [-0.1, -0.05) is 6.07 Å². The van der Waals surface area contributed by atoms with E-state index in [1.807, 2.05) is 0 Å². The Hall–Kier alpha value is -2.15. The minimum Gasteiger partial charge on any atom is -0.398 e. The maximum atomic E-state index is 12.1. The molecule has 0 amide bonds.